The molecule has 1 aliphatic rings. The molecule has 1 N–H and O–H groups in total. The molecule has 1 fully saturated rings. The van der Waals surface area contributed by atoms with E-state index in [-0.39, 0.29) is 6.04 Å². The molecule has 1 aliphatic heterocycles. The van der Waals surface area contributed by atoms with E-state index in [0.717, 1.165) is 24.7 Å². The molecule has 0 amide bonds. The van der Waals surface area contributed by atoms with Gasteiger partial charge in [0.05, 0.1) is 18.9 Å². The largest absolute Gasteiger partial charge is 0.447 e. The summed E-state index contributed by atoms with van der Waals surface area (Å²) in [5, 5.41) is 3.31. The van der Waals surface area contributed by atoms with Crippen LogP contribution < -0.4 is 5.32 Å². The molecule has 0 saturated carbocycles. The molecular weight excluding hydrogens is 180 g/mol. The summed E-state index contributed by atoms with van der Waals surface area (Å²) in [7, 11) is 0. The first-order valence-corrected chi connectivity index (χ1v) is 5.04. The SMILES string of the molecule is CC(C)c1coc(C2COCCN2)n1. The zero-order valence-corrected chi connectivity index (χ0v) is 8.62. The van der Waals surface area contributed by atoms with Gasteiger partial charge in [-0.05, 0) is 5.92 Å². The van der Waals surface area contributed by atoms with Crippen molar-refractivity contribution in [2.45, 2.75) is 25.8 Å². The lowest BCUT2D eigenvalue weighted by Crippen LogP contribution is -2.34. The van der Waals surface area contributed by atoms with Crippen molar-refractivity contribution in [3.05, 3.63) is 17.8 Å². The summed E-state index contributed by atoms with van der Waals surface area (Å²) in [6.07, 6.45) is 1.73. The minimum absolute atomic E-state index is 0.122. The van der Waals surface area contributed by atoms with Gasteiger partial charge >= 0.3 is 0 Å². The van der Waals surface area contributed by atoms with Crippen LogP contribution in [0, 0.1) is 0 Å². The summed E-state index contributed by atoms with van der Waals surface area (Å²) >= 11 is 0. The number of hydrogen-bond donors (Lipinski definition) is 1. The molecule has 0 aromatic carbocycles. The zero-order chi connectivity index (χ0) is 9.97. The van der Waals surface area contributed by atoms with Crippen molar-refractivity contribution < 1.29 is 9.15 Å². The highest BCUT2D eigenvalue weighted by Gasteiger charge is 2.20. The maximum atomic E-state index is 5.41. The topological polar surface area (TPSA) is 47.3 Å². The fourth-order valence-electron chi connectivity index (χ4n) is 1.45. The Morgan fingerprint density at radius 2 is 2.43 bits per heavy atom. The smallest absolute Gasteiger partial charge is 0.213 e. The molecule has 0 radical (unpaired) electrons. The maximum absolute atomic E-state index is 5.41. The van der Waals surface area contributed by atoms with Crippen LogP contribution in [0.5, 0.6) is 0 Å². The summed E-state index contributed by atoms with van der Waals surface area (Å²) in [4.78, 5) is 4.42. The van der Waals surface area contributed by atoms with Crippen LogP contribution in [0.15, 0.2) is 10.7 Å². The van der Waals surface area contributed by atoms with Gasteiger partial charge in [-0.2, -0.15) is 0 Å². The number of morpholine rings is 1. The van der Waals surface area contributed by atoms with Crippen molar-refractivity contribution in [2.24, 2.45) is 0 Å². The van der Waals surface area contributed by atoms with E-state index in [1.807, 2.05) is 0 Å². The summed E-state index contributed by atoms with van der Waals surface area (Å²) in [6.45, 7) is 6.50. The Labute approximate surface area is 83.7 Å². The number of hydrogen-bond acceptors (Lipinski definition) is 4. The highest BCUT2D eigenvalue weighted by Crippen LogP contribution is 2.19. The molecule has 1 aromatic heterocycles. The van der Waals surface area contributed by atoms with Gasteiger partial charge in [0.1, 0.15) is 12.3 Å². The lowest BCUT2D eigenvalue weighted by Gasteiger charge is -2.20. The van der Waals surface area contributed by atoms with Gasteiger partial charge in [0.25, 0.3) is 0 Å². The third-order valence-electron chi connectivity index (χ3n) is 2.35. The molecule has 2 heterocycles. The third-order valence-corrected chi connectivity index (χ3v) is 2.35. The van der Waals surface area contributed by atoms with Crippen molar-refractivity contribution >= 4 is 0 Å². The van der Waals surface area contributed by atoms with Crippen molar-refractivity contribution in [2.75, 3.05) is 19.8 Å². The number of nitrogens with one attached hydrogen (secondary N) is 1. The van der Waals surface area contributed by atoms with Crippen LogP contribution in [-0.4, -0.2) is 24.7 Å². The van der Waals surface area contributed by atoms with Crippen LogP contribution in [0.1, 0.15) is 37.4 Å². The second kappa shape index (κ2) is 4.11. The molecule has 78 valence electrons. The minimum Gasteiger partial charge on any atom is -0.447 e. The van der Waals surface area contributed by atoms with Crippen LogP contribution in [0.25, 0.3) is 0 Å². The molecular formula is C10H16N2O2. The van der Waals surface area contributed by atoms with Gasteiger partial charge in [0, 0.05) is 6.54 Å². The van der Waals surface area contributed by atoms with Crippen LogP contribution in [0.2, 0.25) is 0 Å². The van der Waals surface area contributed by atoms with Gasteiger partial charge in [-0.1, -0.05) is 13.8 Å². The number of rotatable bonds is 2. The average molecular weight is 196 g/mol. The standard InChI is InChI=1S/C10H16N2O2/c1-7(2)8-6-14-10(12-8)9-5-13-4-3-11-9/h6-7,9,11H,3-5H2,1-2H3. The monoisotopic (exact) mass is 196 g/mol. The molecule has 0 spiro atoms. The van der Waals surface area contributed by atoms with Gasteiger partial charge in [0.15, 0.2) is 0 Å². The van der Waals surface area contributed by atoms with Crippen molar-refractivity contribution in [1.29, 1.82) is 0 Å². The number of oxazole rings is 1. The van der Waals surface area contributed by atoms with Crippen LogP contribution in [0.3, 0.4) is 0 Å². The van der Waals surface area contributed by atoms with Gasteiger partial charge in [-0.25, -0.2) is 4.98 Å². The van der Waals surface area contributed by atoms with E-state index in [9.17, 15) is 0 Å². The Bertz CT molecular complexity index is 290. The van der Waals surface area contributed by atoms with Crippen molar-refractivity contribution in [3.8, 4) is 0 Å². The Kier molecular flexibility index (Phi) is 2.84. The second-order valence-electron chi connectivity index (χ2n) is 3.85. The maximum Gasteiger partial charge on any atom is 0.213 e. The van der Waals surface area contributed by atoms with E-state index in [1.54, 1.807) is 6.26 Å². The Balaban J connectivity index is 2.07. The molecule has 1 saturated heterocycles. The average Bonchev–Trinajstić information content (AvgIpc) is 2.68. The number of nitrogens with zero attached hydrogens (tertiary/aromatic N) is 1. The van der Waals surface area contributed by atoms with Gasteiger partial charge < -0.3 is 14.5 Å². The Morgan fingerprint density at radius 1 is 1.57 bits per heavy atom. The zero-order valence-electron chi connectivity index (χ0n) is 8.62. The third kappa shape index (κ3) is 1.96. The normalized spacial score (nSPS) is 22.9. The highest BCUT2D eigenvalue weighted by atomic mass is 16.5. The van der Waals surface area contributed by atoms with E-state index in [0.29, 0.717) is 12.5 Å². The highest BCUT2D eigenvalue weighted by molar-refractivity contribution is 5.04. The van der Waals surface area contributed by atoms with Crippen molar-refractivity contribution in [3.63, 3.8) is 0 Å². The molecule has 2 rings (SSSR count). The van der Waals surface area contributed by atoms with Crippen LogP contribution in [-0.2, 0) is 4.74 Å². The summed E-state index contributed by atoms with van der Waals surface area (Å²) in [5.74, 6) is 1.16. The molecule has 4 nitrogen and oxygen atoms in total. The van der Waals surface area contributed by atoms with E-state index >= 15 is 0 Å². The molecule has 1 atom stereocenters. The van der Waals surface area contributed by atoms with Gasteiger partial charge in [-0.15, -0.1) is 0 Å². The van der Waals surface area contributed by atoms with Crippen molar-refractivity contribution in [1.82, 2.24) is 10.3 Å². The molecule has 0 aliphatic carbocycles. The van der Waals surface area contributed by atoms with E-state index in [4.69, 9.17) is 9.15 Å². The number of aromatic nitrogens is 1. The summed E-state index contributed by atoms with van der Waals surface area (Å²) in [5.41, 5.74) is 1.01. The predicted octanol–water partition coefficient (Wildman–Crippen LogP) is 1.46. The lowest BCUT2D eigenvalue weighted by molar-refractivity contribution is 0.0681. The first kappa shape index (κ1) is 9.68. The second-order valence-corrected chi connectivity index (χ2v) is 3.85. The summed E-state index contributed by atoms with van der Waals surface area (Å²) in [6, 6.07) is 0.122. The quantitative estimate of drug-likeness (QED) is 0.778. The minimum atomic E-state index is 0.122. The molecule has 4 heteroatoms. The first-order valence-electron chi connectivity index (χ1n) is 5.04. The Hall–Kier alpha value is -0.870. The van der Waals surface area contributed by atoms with E-state index < -0.39 is 0 Å². The first-order chi connectivity index (χ1) is 6.77. The lowest BCUT2D eigenvalue weighted by atomic mass is 10.2. The molecule has 1 aromatic rings. The molecule has 1 unspecified atom stereocenters. The molecule has 14 heavy (non-hydrogen) atoms. The van der Waals surface area contributed by atoms with Crippen LogP contribution >= 0.6 is 0 Å². The van der Waals surface area contributed by atoms with Crippen LogP contribution in [0.4, 0.5) is 0 Å². The van der Waals surface area contributed by atoms with Gasteiger partial charge in [-0.3, -0.25) is 0 Å². The fourth-order valence-corrected chi connectivity index (χ4v) is 1.45. The number of ether oxygens (including phenoxy) is 1. The Morgan fingerprint density at radius 3 is 3.00 bits per heavy atom. The van der Waals surface area contributed by atoms with E-state index in [2.05, 4.69) is 24.1 Å². The predicted molar refractivity (Wildman–Crippen MR) is 52.2 cm³/mol. The van der Waals surface area contributed by atoms with E-state index in [1.165, 1.54) is 0 Å². The fraction of sp³-hybridized carbons (Fsp3) is 0.700. The molecule has 0 bridgehead atoms. The van der Waals surface area contributed by atoms with Gasteiger partial charge in [0.2, 0.25) is 5.89 Å². The summed E-state index contributed by atoms with van der Waals surface area (Å²) < 4.78 is 10.8.